The molecule has 0 aromatic rings. The lowest BCUT2D eigenvalue weighted by Crippen LogP contribution is -2.47. The Morgan fingerprint density at radius 2 is 1.75 bits per heavy atom. The van der Waals surface area contributed by atoms with E-state index in [2.05, 4.69) is 12.6 Å². The van der Waals surface area contributed by atoms with Gasteiger partial charge in [0.2, 0.25) is 0 Å². The van der Waals surface area contributed by atoms with Crippen LogP contribution in [-0.4, -0.2) is 28.7 Å². The molecule has 0 amide bonds. The van der Waals surface area contributed by atoms with Crippen molar-refractivity contribution in [2.45, 2.75) is 45.3 Å². The van der Waals surface area contributed by atoms with Crippen molar-refractivity contribution in [3.05, 3.63) is 0 Å². The Hall–Kier alpha value is 0.270. The summed E-state index contributed by atoms with van der Waals surface area (Å²) < 4.78 is 5.54. The van der Waals surface area contributed by atoms with E-state index < -0.39 is 11.2 Å². The Balaban J connectivity index is 3.88. The fourth-order valence-electron chi connectivity index (χ4n) is 0.568. The Morgan fingerprint density at radius 3 is 2.08 bits per heavy atom. The van der Waals surface area contributed by atoms with E-state index in [1.54, 1.807) is 13.8 Å². The van der Waals surface area contributed by atoms with Crippen LogP contribution in [0.15, 0.2) is 0 Å². The Labute approximate surface area is 80.7 Å². The van der Waals surface area contributed by atoms with Crippen molar-refractivity contribution < 1.29 is 9.84 Å². The summed E-state index contributed by atoms with van der Waals surface area (Å²) in [5.41, 5.74) is -1.29. The molecule has 0 aromatic heterocycles. The maximum absolute atomic E-state index is 9.70. The molecule has 74 valence electrons. The molecule has 0 rings (SSSR count). The first-order chi connectivity index (χ1) is 5.31. The minimum atomic E-state index is -0.802. The van der Waals surface area contributed by atoms with E-state index in [0.717, 1.165) is 12.2 Å². The van der Waals surface area contributed by atoms with Crippen LogP contribution in [0.5, 0.6) is 0 Å². The van der Waals surface area contributed by atoms with Gasteiger partial charge < -0.3 is 9.84 Å². The molecule has 3 heteroatoms. The second kappa shape index (κ2) is 4.49. The van der Waals surface area contributed by atoms with Crippen LogP contribution >= 0.6 is 12.6 Å². The molecule has 1 N–H and O–H groups in total. The lowest BCUT2D eigenvalue weighted by Gasteiger charge is -2.37. The molecule has 0 unspecified atom stereocenters. The van der Waals surface area contributed by atoms with Gasteiger partial charge in [0.15, 0.2) is 0 Å². The summed E-state index contributed by atoms with van der Waals surface area (Å²) >= 11 is 4.08. The van der Waals surface area contributed by atoms with Gasteiger partial charge in [-0.1, -0.05) is 0 Å². The van der Waals surface area contributed by atoms with Crippen LogP contribution in [0.2, 0.25) is 0 Å². The largest absolute Gasteiger partial charge is 0.387 e. The SMILES string of the molecule is CC(C)(O)C(C)(C)OCCCS. The number of aliphatic hydroxyl groups is 1. The summed E-state index contributed by atoms with van der Waals surface area (Å²) in [7, 11) is 0. The Bertz CT molecular complexity index is 127. The number of thiol groups is 1. The fraction of sp³-hybridized carbons (Fsp3) is 1.00. The van der Waals surface area contributed by atoms with Crippen molar-refractivity contribution in [3.63, 3.8) is 0 Å². The van der Waals surface area contributed by atoms with Gasteiger partial charge in [0.05, 0.1) is 11.2 Å². The molecular weight excluding hydrogens is 172 g/mol. The Morgan fingerprint density at radius 1 is 1.25 bits per heavy atom. The topological polar surface area (TPSA) is 29.5 Å². The average Bonchev–Trinajstić information content (AvgIpc) is 1.85. The second-order valence-electron chi connectivity index (χ2n) is 3.99. The van der Waals surface area contributed by atoms with E-state index in [1.165, 1.54) is 0 Å². The smallest absolute Gasteiger partial charge is 0.0906 e. The van der Waals surface area contributed by atoms with Crippen molar-refractivity contribution in [2.24, 2.45) is 0 Å². The zero-order valence-corrected chi connectivity index (χ0v) is 9.32. The first-order valence-corrected chi connectivity index (χ1v) is 4.92. The second-order valence-corrected chi connectivity index (χ2v) is 4.44. The number of rotatable bonds is 5. The molecule has 0 spiro atoms. The van der Waals surface area contributed by atoms with Gasteiger partial charge in [0.1, 0.15) is 0 Å². The summed E-state index contributed by atoms with van der Waals surface area (Å²) in [4.78, 5) is 0. The lowest BCUT2D eigenvalue weighted by molar-refractivity contribution is -0.146. The van der Waals surface area contributed by atoms with Crippen LogP contribution in [-0.2, 0) is 4.74 Å². The van der Waals surface area contributed by atoms with Gasteiger partial charge >= 0.3 is 0 Å². The normalized spacial score (nSPS) is 13.5. The molecule has 12 heavy (non-hydrogen) atoms. The van der Waals surface area contributed by atoms with Crippen LogP contribution in [0, 0.1) is 0 Å². The summed E-state index contributed by atoms with van der Waals surface area (Å²) in [6, 6.07) is 0. The molecule has 0 aliphatic carbocycles. The number of hydrogen-bond donors (Lipinski definition) is 2. The van der Waals surface area contributed by atoms with Gasteiger partial charge in [0, 0.05) is 6.61 Å². The van der Waals surface area contributed by atoms with Gasteiger partial charge in [-0.25, -0.2) is 0 Å². The first-order valence-electron chi connectivity index (χ1n) is 4.28. The summed E-state index contributed by atoms with van der Waals surface area (Å²) in [6.07, 6.45) is 0.919. The monoisotopic (exact) mass is 192 g/mol. The van der Waals surface area contributed by atoms with Crippen molar-refractivity contribution >= 4 is 12.6 Å². The van der Waals surface area contributed by atoms with Gasteiger partial charge in [-0.05, 0) is 39.9 Å². The predicted molar refractivity (Wildman–Crippen MR) is 54.8 cm³/mol. The van der Waals surface area contributed by atoms with Crippen LogP contribution in [0.1, 0.15) is 34.1 Å². The van der Waals surface area contributed by atoms with Crippen molar-refractivity contribution in [2.75, 3.05) is 12.4 Å². The van der Waals surface area contributed by atoms with Crippen LogP contribution in [0.4, 0.5) is 0 Å². The minimum absolute atomic E-state index is 0.490. The fourth-order valence-corrected chi connectivity index (χ4v) is 0.698. The maximum atomic E-state index is 9.70. The summed E-state index contributed by atoms with van der Waals surface area (Å²) in [6.45, 7) is 7.96. The summed E-state index contributed by atoms with van der Waals surface area (Å²) in [5.74, 6) is 0.821. The van der Waals surface area contributed by atoms with E-state index in [0.29, 0.717) is 6.61 Å². The zero-order valence-electron chi connectivity index (χ0n) is 8.42. The zero-order chi connectivity index (χ0) is 9.83. The molecule has 0 atom stereocenters. The molecule has 0 saturated heterocycles. The van der Waals surface area contributed by atoms with Crippen LogP contribution in [0.3, 0.4) is 0 Å². The third kappa shape index (κ3) is 3.78. The summed E-state index contributed by atoms with van der Waals surface area (Å²) in [5, 5.41) is 9.70. The molecule has 0 fully saturated rings. The van der Waals surface area contributed by atoms with Crippen LogP contribution in [0.25, 0.3) is 0 Å². The molecule has 0 bridgehead atoms. The quantitative estimate of drug-likeness (QED) is 0.514. The number of hydrogen-bond acceptors (Lipinski definition) is 3. The lowest BCUT2D eigenvalue weighted by atomic mass is 9.89. The molecule has 0 radical (unpaired) electrons. The third-order valence-corrected chi connectivity index (χ3v) is 2.55. The Kier molecular flexibility index (Phi) is 4.59. The molecule has 0 saturated carbocycles. The van der Waals surface area contributed by atoms with E-state index >= 15 is 0 Å². The van der Waals surface area contributed by atoms with Crippen LogP contribution < -0.4 is 0 Å². The third-order valence-electron chi connectivity index (χ3n) is 2.24. The number of ether oxygens (including phenoxy) is 1. The highest BCUT2D eigenvalue weighted by atomic mass is 32.1. The average molecular weight is 192 g/mol. The maximum Gasteiger partial charge on any atom is 0.0906 e. The standard InChI is InChI=1S/C9H20O2S/c1-8(2,10)9(3,4)11-6-5-7-12/h10,12H,5-7H2,1-4H3. The molecule has 0 aliphatic heterocycles. The molecular formula is C9H20O2S. The van der Waals surface area contributed by atoms with Gasteiger partial charge in [-0.2, -0.15) is 12.6 Å². The van der Waals surface area contributed by atoms with E-state index in [-0.39, 0.29) is 0 Å². The molecule has 0 heterocycles. The highest BCUT2D eigenvalue weighted by Gasteiger charge is 2.35. The van der Waals surface area contributed by atoms with Crippen molar-refractivity contribution in [3.8, 4) is 0 Å². The highest BCUT2D eigenvalue weighted by Crippen LogP contribution is 2.24. The van der Waals surface area contributed by atoms with E-state index in [4.69, 9.17) is 4.74 Å². The molecule has 2 nitrogen and oxygen atoms in total. The van der Waals surface area contributed by atoms with Gasteiger partial charge in [-0.3, -0.25) is 0 Å². The molecule has 0 aliphatic rings. The molecule has 0 aromatic carbocycles. The minimum Gasteiger partial charge on any atom is -0.387 e. The van der Waals surface area contributed by atoms with Crippen molar-refractivity contribution in [1.29, 1.82) is 0 Å². The van der Waals surface area contributed by atoms with E-state index in [9.17, 15) is 5.11 Å². The van der Waals surface area contributed by atoms with Gasteiger partial charge in [-0.15, -0.1) is 0 Å². The van der Waals surface area contributed by atoms with Gasteiger partial charge in [0.25, 0.3) is 0 Å². The predicted octanol–water partition coefficient (Wildman–Crippen LogP) is 1.87. The van der Waals surface area contributed by atoms with Crippen molar-refractivity contribution in [1.82, 2.24) is 0 Å². The highest BCUT2D eigenvalue weighted by molar-refractivity contribution is 7.80. The first kappa shape index (κ1) is 12.3. The van der Waals surface area contributed by atoms with E-state index in [1.807, 2.05) is 13.8 Å².